The minimum atomic E-state index is -0.771. The van der Waals surface area contributed by atoms with Crippen LogP contribution in [0.2, 0.25) is 0 Å². The van der Waals surface area contributed by atoms with E-state index in [-0.39, 0.29) is 5.91 Å². The molecule has 0 spiro atoms. The molecule has 1 amide bonds. The maximum absolute atomic E-state index is 12.7. The maximum Gasteiger partial charge on any atom is 0.420 e. The highest BCUT2D eigenvalue weighted by Crippen LogP contribution is 2.29. The third-order valence-electron chi connectivity index (χ3n) is 3.95. The van der Waals surface area contributed by atoms with Crippen molar-refractivity contribution in [3.8, 4) is 11.5 Å². The van der Waals surface area contributed by atoms with Gasteiger partial charge in [0.15, 0.2) is 5.58 Å². The first kappa shape index (κ1) is 16.6. The van der Waals surface area contributed by atoms with Gasteiger partial charge >= 0.3 is 5.76 Å². The molecule has 7 heteroatoms. The van der Waals surface area contributed by atoms with Crippen molar-refractivity contribution in [1.82, 2.24) is 4.57 Å². The van der Waals surface area contributed by atoms with Crippen molar-refractivity contribution < 1.29 is 18.7 Å². The average Bonchev–Trinajstić information content (AvgIpc) is 2.96. The lowest BCUT2D eigenvalue weighted by Crippen LogP contribution is -2.29. The molecule has 3 aromatic rings. The molecular formula is C18H18N2O5. The zero-order chi connectivity index (χ0) is 18.0. The van der Waals surface area contributed by atoms with Crippen LogP contribution in [0.1, 0.15) is 13.0 Å². The zero-order valence-electron chi connectivity index (χ0n) is 14.1. The van der Waals surface area contributed by atoms with Gasteiger partial charge in [0.2, 0.25) is 5.91 Å². The first-order chi connectivity index (χ1) is 12.0. The Kier molecular flexibility index (Phi) is 4.47. The zero-order valence-corrected chi connectivity index (χ0v) is 14.1. The van der Waals surface area contributed by atoms with E-state index >= 15 is 0 Å². The van der Waals surface area contributed by atoms with Gasteiger partial charge in [0.1, 0.15) is 17.5 Å². The van der Waals surface area contributed by atoms with E-state index in [2.05, 4.69) is 5.32 Å². The maximum atomic E-state index is 12.7. The summed E-state index contributed by atoms with van der Waals surface area (Å²) in [5.74, 6) is 0.113. The fraction of sp³-hybridized carbons (Fsp3) is 0.222. The number of rotatable bonds is 5. The molecule has 0 aliphatic carbocycles. The number of hydrogen-bond acceptors (Lipinski definition) is 5. The average molecular weight is 342 g/mol. The molecule has 3 rings (SSSR count). The SMILES string of the molecule is COc1ccc(OC)c(NC(=O)[C@@H](C)n2c(=O)oc3ccccc32)c1. The normalized spacial score (nSPS) is 12.0. The fourth-order valence-electron chi connectivity index (χ4n) is 2.62. The minimum Gasteiger partial charge on any atom is -0.497 e. The third-order valence-corrected chi connectivity index (χ3v) is 3.95. The summed E-state index contributed by atoms with van der Waals surface area (Å²) in [6.07, 6.45) is 0. The molecule has 1 aromatic heterocycles. The van der Waals surface area contributed by atoms with Gasteiger partial charge in [-0.3, -0.25) is 9.36 Å². The highest BCUT2D eigenvalue weighted by molar-refractivity contribution is 5.95. The molecule has 0 aliphatic heterocycles. The summed E-state index contributed by atoms with van der Waals surface area (Å²) in [7, 11) is 3.04. The number of oxazole rings is 1. The Morgan fingerprint density at radius 3 is 2.64 bits per heavy atom. The monoisotopic (exact) mass is 342 g/mol. The van der Waals surface area contributed by atoms with Crippen LogP contribution in [0, 0.1) is 0 Å². The van der Waals surface area contributed by atoms with E-state index in [9.17, 15) is 9.59 Å². The lowest BCUT2D eigenvalue weighted by atomic mass is 10.2. The number of methoxy groups -OCH3 is 2. The van der Waals surface area contributed by atoms with Crippen molar-refractivity contribution in [3.63, 3.8) is 0 Å². The van der Waals surface area contributed by atoms with Gasteiger partial charge in [-0.1, -0.05) is 12.1 Å². The van der Waals surface area contributed by atoms with E-state index in [0.29, 0.717) is 28.3 Å². The molecule has 0 aliphatic rings. The molecule has 0 unspecified atom stereocenters. The number of aromatic nitrogens is 1. The molecule has 2 aromatic carbocycles. The molecule has 0 fully saturated rings. The van der Waals surface area contributed by atoms with E-state index in [1.165, 1.54) is 18.8 Å². The standard InChI is InChI=1S/C18H18N2O5/c1-11(20-14-6-4-5-7-16(14)25-18(20)22)17(21)19-13-10-12(23-2)8-9-15(13)24-3/h4-11H,1-3H3,(H,19,21)/t11-/m1/s1. The summed E-state index contributed by atoms with van der Waals surface area (Å²) in [6.45, 7) is 1.63. The van der Waals surface area contributed by atoms with Crippen LogP contribution in [0.5, 0.6) is 11.5 Å². The van der Waals surface area contributed by atoms with Gasteiger partial charge < -0.3 is 19.2 Å². The van der Waals surface area contributed by atoms with Gasteiger partial charge in [-0.2, -0.15) is 0 Å². The Morgan fingerprint density at radius 2 is 1.92 bits per heavy atom. The fourth-order valence-corrected chi connectivity index (χ4v) is 2.62. The van der Waals surface area contributed by atoms with Gasteiger partial charge in [0.25, 0.3) is 0 Å². The lowest BCUT2D eigenvalue weighted by Gasteiger charge is -2.16. The second-order valence-corrected chi connectivity index (χ2v) is 5.44. The van der Waals surface area contributed by atoms with Crippen LogP contribution >= 0.6 is 0 Å². The Balaban J connectivity index is 1.93. The smallest absolute Gasteiger partial charge is 0.420 e. The van der Waals surface area contributed by atoms with Crippen LogP contribution in [-0.4, -0.2) is 24.7 Å². The van der Waals surface area contributed by atoms with Gasteiger partial charge in [-0.15, -0.1) is 0 Å². The Bertz CT molecular complexity index is 973. The molecule has 0 saturated carbocycles. The predicted octanol–water partition coefficient (Wildman–Crippen LogP) is 2.81. The highest BCUT2D eigenvalue weighted by atomic mass is 16.5. The van der Waals surface area contributed by atoms with Crippen molar-refractivity contribution in [2.24, 2.45) is 0 Å². The van der Waals surface area contributed by atoms with E-state index in [1.54, 1.807) is 49.4 Å². The number of benzene rings is 2. The van der Waals surface area contributed by atoms with Gasteiger partial charge in [0.05, 0.1) is 25.4 Å². The number of nitrogens with zero attached hydrogens (tertiary/aromatic N) is 1. The van der Waals surface area contributed by atoms with Crippen LogP contribution in [0.25, 0.3) is 11.1 Å². The molecule has 25 heavy (non-hydrogen) atoms. The number of amides is 1. The van der Waals surface area contributed by atoms with Crippen molar-refractivity contribution in [3.05, 3.63) is 53.0 Å². The summed E-state index contributed by atoms with van der Waals surface area (Å²) in [4.78, 5) is 24.8. The van der Waals surface area contributed by atoms with E-state index < -0.39 is 11.8 Å². The number of carbonyl (C=O) groups is 1. The van der Waals surface area contributed by atoms with Gasteiger partial charge in [-0.05, 0) is 31.2 Å². The summed E-state index contributed by atoms with van der Waals surface area (Å²) in [5.41, 5.74) is 1.46. The van der Waals surface area contributed by atoms with E-state index in [0.717, 1.165) is 0 Å². The van der Waals surface area contributed by atoms with E-state index in [4.69, 9.17) is 13.9 Å². The van der Waals surface area contributed by atoms with Crippen LogP contribution < -0.4 is 20.5 Å². The molecule has 1 heterocycles. The second-order valence-electron chi connectivity index (χ2n) is 5.44. The minimum absolute atomic E-state index is 0.375. The Labute approximate surface area is 143 Å². The topological polar surface area (TPSA) is 82.7 Å². The van der Waals surface area contributed by atoms with E-state index in [1.807, 2.05) is 0 Å². The number of ether oxygens (including phenoxy) is 2. The van der Waals surface area contributed by atoms with Crippen LogP contribution in [0.15, 0.2) is 51.7 Å². The second kappa shape index (κ2) is 6.72. The van der Waals surface area contributed by atoms with Crippen LogP contribution in [0.4, 0.5) is 5.69 Å². The molecule has 1 N–H and O–H groups in total. The molecule has 7 nitrogen and oxygen atoms in total. The molecule has 130 valence electrons. The number of carbonyl (C=O) groups excluding carboxylic acids is 1. The molecule has 1 atom stereocenters. The number of hydrogen-bond donors (Lipinski definition) is 1. The number of anilines is 1. The highest BCUT2D eigenvalue weighted by Gasteiger charge is 2.22. The van der Waals surface area contributed by atoms with Crippen molar-refractivity contribution in [2.45, 2.75) is 13.0 Å². The predicted molar refractivity (Wildman–Crippen MR) is 93.4 cm³/mol. The summed E-state index contributed by atoms with van der Waals surface area (Å²) in [6, 6.07) is 11.3. The molecular weight excluding hydrogens is 324 g/mol. The Morgan fingerprint density at radius 1 is 1.16 bits per heavy atom. The quantitative estimate of drug-likeness (QED) is 0.771. The third kappa shape index (κ3) is 3.08. The molecule has 0 saturated heterocycles. The number of para-hydroxylation sites is 2. The largest absolute Gasteiger partial charge is 0.497 e. The number of nitrogens with one attached hydrogen (secondary N) is 1. The van der Waals surface area contributed by atoms with Crippen molar-refractivity contribution in [2.75, 3.05) is 19.5 Å². The Hall–Kier alpha value is -3.22. The summed E-state index contributed by atoms with van der Waals surface area (Å²) < 4.78 is 16.9. The molecule has 0 bridgehead atoms. The van der Waals surface area contributed by atoms with Crippen molar-refractivity contribution >= 4 is 22.7 Å². The van der Waals surface area contributed by atoms with Gasteiger partial charge in [0, 0.05) is 6.07 Å². The van der Waals surface area contributed by atoms with Gasteiger partial charge in [-0.25, -0.2) is 4.79 Å². The van der Waals surface area contributed by atoms with Crippen LogP contribution in [-0.2, 0) is 4.79 Å². The van der Waals surface area contributed by atoms with Crippen molar-refractivity contribution in [1.29, 1.82) is 0 Å². The van der Waals surface area contributed by atoms with Crippen LogP contribution in [0.3, 0.4) is 0 Å². The first-order valence-corrected chi connectivity index (χ1v) is 7.68. The lowest BCUT2D eigenvalue weighted by molar-refractivity contribution is -0.118. The molecule has 0 radical (unpaired) electrons. The number of fused-ring (bicyclic) bond motifs is 1. The summed E-state index contributed by atoms with van der Waals surface area (Å²) >= 11 is 0. The first-order valence-electron chi connectivity index (χ1n) is 7.68. The summed E-state index contributed by atoms with van der Waals surface area (Å²) in [5, 5.41) is 2.77.